The maximum Gasteiger partial charge on any atom is 0.0947 e. The molecule has 2 aliphatic carbocycles. The summed E-state index contributed by atoms with van der Waals surface area (Å²) < 4.78 is 0. The predicted octanol–water partition coefficient (Wildman–Crippen LogP) is 4.52. The van der Waals surface area contributed by atoms with Gasteiger partial charge in [0.1, 0.15) is 0 Å². The van der Waals surface area contributed by atoms with Crippen LogP contribution in [0.2, 0.25) is 0 Å². The Kier molecular flexibility index (Phi) is 5.03. The number of nitriles is 1. The van der Waals surface area contributed by atoms with Gasteiger partial charge in [-0.15, -0.1) is 11.8 Å². The third-order valence-corrected chi connectivity index (χ3v) is 5.74. The van der Waals surface area contributed by atoms with Gasteiger partial charge < -0.3 is 0 Å². The van der Waals surface area contributed by atoms with E-state index in [2.05, 4.69) is 6.07 Å². The van der Waals surface area contributed by atoms with Gasteiger partial charge in [0.05, 0.1) is 11.3 Å². The summed E-state index contributed by atoms with van der Waals surface area (Å²) in [5.41, 5.74) is 0. The van der Waals surface area contributed by atoms with E-state index in [0.29, 0.717) is 11.2 Å². The van der Waals surface area contributed by atoms with Gasteiger partial charge in [-0.05, 0) is 31.6 Å². The van der Waals surface area contributed by atoms with Gasteiger partial charge in [0.25, 0.3) is 0 Å². The van der Waals surface area contributed by atoms with E-state index in [-0.39, 0.29) is 0 Å². The second kappa shape index (κ2) is 6.55. The number of rotatable bonds is 3. The van der Waals surface area contributed by atoms with Crippen molar-refractivity contribution in [1.29, 1.82) is 5.26 Å². The monoisotopic (exact) mass is 237 g/mol. The molecule has 16 heavy (non-hydrogen) atoms. The molecule has 0 radical (unpaired) electrons. The lowest BCUT2D eigenvalue weighted by Crippen LogP contribution is -2.18. The lowest BCUT2D eigenvalue weighted by molar-refractivity contribution is 0.478. The number of nitrogens with zero attached hydrogens (tertiary/aromatic N) is 1. The number of hydrogen-bond acceptors (Lipinski definition) is 2. The molecule has 1 unspecified atom stereocenters. The molecule has 0 amide bonds. The van der Waals surface area contributed by atoms with Crippen molar-refractivity contribution in [3.63, 3.8) is 0 Å². The summed E-state index contributed by atoms with van der Waals surface area (Å²) in [6.45, 7) is 0. The molecule has 2 aliphatic rings. The second-order valence-electron chi connectivity index (χ2n) is 5.34. The standard InChI is InChI=1S/C14H23NS/c15-11-14(16-13-9-5-6-10-13)12-7-3-1-2-4-8-12/h12-14H,1-10H2. The van der Waals surface area contributed by atoms with Crippen LogP contribution >= 0.6 is 11.8 Å². The van der Waals surface area contributed by atoms with Gasteiger partial charge in [-0.3, -0.25) is 0 Å². The third kappa shape index (κ3) is 3.42. The van der Waals surface area contributed by atoms with Crippen LogP contribution in [0.1, 0.15) is 64.2 Å². The van der Waals surface area contributed by atoms with Crippen LogP contribution in [-0.2, 0) is 0 Å². The molecular weight excluding hydrogens is 214 g/mol. The highest BCUT2D eigenvalue weighted by atomic mass is 32.2. The molecule has 0 aromatic carbocycles. The Morgan fingerprint density at radius 1 is 0.875 bits per heavy atom. The van der Waals surface area contributed by atoms with E-state index in [1.54, 1.807) is 0 Å². The molecule has 2 rings (SSSR count). The van der Waals surface area contributed by atoms with Crippen molar-refractivity contribution in [1.82, 2.24) is 0 Å². The van der Waals surface area contributed by atoms with Crippen molar-refractivity contribution in [2.75, 3.05) is 0 Å². The first-order chi connectivity index (χ1) is 7.90. The zero-order valence-electron chi connectivity index (χ0n) is 10.2. The van der Waals surface area contributed by atoms with Crippen LogP contribution in [0, 0.1) is 17.2 Å². The summed E-state index contributed by atoms with van der Waals surface area (Å²) in [5, 5.41) is 10.5. The van der Waals surface area contributed by atoms with E-state index in [4.69, 9.17) is 0 Å². The quantitative estimate of drug-likeness (QED) is 0.674. The summed E-state index contributed by atoms with van der Waals surface area (Å²) in [6, 6.07) is 2.59. The molecule has 0 aliphatic heterocycles. The fraction of sp³-hybridized carbons (Fsp3) is 0.929. The van der Waals surface area contributed by atoms with Crippen molar-refractivity contribution in [2.24, 2.45) is 5.92 Å². The molecule has 0 saturated heterocycles. The van der Waals surface area contributed by atoms with Crippen LogP contribution in [0.15, 0.2) is 0 Å². The Morgan fingerprint density at radius 3 is 2.00 bits per heavy atom. The maximum atomic E-state index is 9.36. The SMILES string of the molecule is N#CC(SC1CCCC1)C1CCCCCC1. The molecule has 2 saturated carbocycles. The minimum atomic E-state index is 0.293. The van der Waals surface area contributed by atoms with Crippen LogP contribution in [-0.4, -0.2) is 10.5 Å². The molecule has 0 heterocycles. The first kappa shape index (κ1) is 12.3. The van der Waals surface area contributed by atoms with Gasteiger partial charge in [0.2, 0.25) is 0 Å². The number of thioether (sulfide) groups is 1. The fourth-order valence-electron chi connectivity index (χ4n) is 3.09. The average Bonchev–Trinajstić information content (AvgIpc) is 2.67. The van der Waals surface area contributed by atoms with E-state index in [1.807, 2.05) is 11.8 Å². The van der Waals surface area contributed by atoms with Gasteiger partial charge >= 0.3 is 0 Å². The highest BCUT2D eigenvalue weighted by molar-refractivity contribution is 8.00. The molecule has 0 N–H and O–H groups in total. The fourth-order valence-corrected chi connectivity index (χ4v) is 4.67. The molecular formula is C14H23NS. The first-order valence-electron chi connectivity index (χ1n) is 6.95. The van der Waals surface area contributed by atoms with Crippen molar-refractivity contribution in [3.05, 3.63) is 0 Å². The second-order valence-corrected chi connectivity index (χ2v) is 6.79. The lowest BCUT2D eigenvalue weighted by atomic mass is 9.97. The predicted molar refractivity (Wildman–Crippen MR) is 70.4 cm³/mol. The number of hydrogen-bond donors (Lipinski definition) is 0. The van der Waals surface area contributed by atoms with E-state index in [9.17, 15) is 5.26 Å². The summed E-state index contributed by atoms with van der Waals surface area (Å²) in [4.78, 5) is 0. The Hall–Kier alpha value is -0.160. The summed E-state index contributed by atoms with van der Waals surface area (Å²) in [5.74, 6) is 0.693. The normalized spacial score (nSPS) is 26.2. The van der Waals surface area contributed by atoms with Crippen LogP contribution < -0.4 is 0 Å². The average molecular weight is 237 g/mol. The molecule has 0 aromatic heterocycles. The Balaban J connectivity index is 1.84. The lowest BCUT2D eigenvalue weighted by Gasteiger charge is -2.22. The van der Waals surface area contributed by atoms with Gasteiger partial charge in [-0.2, -0.15) is 5.26 Å². The third-order valence-electron chi connectivity index (χ3n) is 4.10. The Labute approximate surface area is 104 Å². The van der Waals surface area contributed by atoms with E-state index < -0.39 is 0 Å². The Morgan fingerprint density at radius 2 is 1.44 bits per heavy atom. The summed E-state index contributed by atoms with van der Waals surface area (Å²) in [6.07, 6.45) is 13.6. The van der Waals surface area contributed by atoms with Crippen molar-refractivity contribution in [3.8, 4) is 6.07 Å². The summed E-state index contributed by atoms with van der Waals surface area (Å²) in [7, 11) is 0. The van der Waals surface area contributed by atoms with Gasteiger partial charge in [-0.25, -0.2) is 0 Å². The largest absolute Gasteiger partial charge is 0.197 e. The Bertz CT molecular complexity index is 232. The van der Waals surface area contributed by atoms with Crippen LogP contribution in [0.5, 0.6) is 0 Å². The molecule has 2 heteroatoms. The van der Waals surface area contributed by atoms with Crippen LogP contribution in [0.3, 0.4) is 0 Å². The minimum Gasteiger partial charge on any atom is -0.197 e. The molecule has 0 bridgehead atoms. The highest BCUT2D eigenvalue weighted by Gasteiger charge is 2.27. The summed E-state index contributed by atoms with van der Waals surface area (Å²) >= 11 is 2.01. The zero-order valence-corrected chi connectivity index (χ0v) is 11.0. The first-order valence-corrected chi connectivity index (χ1v) is 7.89. The molecule has 1 atom stereocenters. The van der Waals surface area contributed by atoms with Crippen LogP contribution in [0.4, 0.5) is 0 Å². The molecule has 1 nitrogen and oxygen atoms in total. The maximum absolute atomic E-state index is 9.36. The van der Waals surface area contributed by atoms with Crippen molar-refractivity contribution >= 4 is 11.8 Å². The van der Waals surface area contributed by atoms with E-state index >= 15 is 0 Å². The molecule has 2 fully saturated rings. The van der Waals surface area contributed by atoms with Gasteiger partial charge in [0, 0.05) is 5.25 Å². The van der Waals surface area contributed by atoms with Gasteiger partial charge in [0.15, 0.2) is 0 Å². The van der Waals surface area contributed by atoms with E-state index in [0.717, 1.165) is 5.25 Å². The smallest absolute Gasteiger partial charge is 0.0947 e. The van der Waals surface area contributed by atoms with Crippen LogP contribution in [0.25, 0.3) is 0 Å². The minimum absolute atomic E-state index is 0.293. The molecule has 90 valence electrons. The highest BCUT2D eigenvalue weighted by Crippen LogP contribution is 2.38. The van der Waals surface area contributed by atoms with Gasteiger partial charge in [-0.1, -0.05) is 38.5 Å². The molecule has 0 spiro atoms. The topological polar surface area (TPSA) is 23.8 Å². The van der Waals surface area contributed by atoms with E-state index in [1.165, 1.54) is 64.2 Å². The van der Waals surface area contributed by atoms with Crippen molar-refractivity contribution in [2.45, 2.75) is 74.7 Å². The zero-order chi connectivity index (χ0) is 11.2. The molecule has 0 aromatic rings. The van der Waals surface area contributed by atoms with Crippen molar-refractivity contribution < 1.29 is 0 Å².